The predicted molar refractivity (Wildman–Crippen MR) is 128 cm³/mol. The topological polar surface area (TPSA) is 66.4 Å². The highest BCUT2D eigenvalue weighted by molar-refractivity contribution is 5.93. The van der Waals surface area contributed by atoms with Gasteiger partial charge in [0.1, 0.15) is 0 Å². The molecule has 0 aliphatic heterocycles. The first-order valence-electron chi connectivity index (χ1n) is 12.3. The number of hydrogen-bond donors (Lipinski definition) is 2. The van der Waals surface area contributed by atoms with Crippen molar-refractivity contribution >= 4 is 11.8 Å². The number of carbonyl (C=O) groups is 2. The summed E-state index contributed by atoms with van der Waals surface area (Å²) in [5.41, 5.74) is 0.687. The number of nitrogens with one attached hydrogen (secondary N) is 1. The summed E-state index contributed by atoms with van der Waals surface area (Å²) in [4.78, 5) is 22.0. The summed E-state index contributed by atoms with van der Waals surface area (Å²) in [5, 5.41) is 12.2. The van der Waals surface area contributed by atoms with Crippen LogP contribution in [0.25, 0.3) is 0 Å². The predicted octanol–water partition coefficient (Wildman–Crippen LogP) is 6.99. The molecule has 0 aliphatic rings. The number of allylic oxidation sites excluding steroid dienone is 3. The minimum Gasteiger partial charge on any atom is -0.481 e. The number of carboxylic acid groups (broad SMARTS) is 1. The Morgan fingerprint density at radius 2 is 1.47 bits per heavy atom. The maximum Gasteiger partial charge on any atom is 0.303 e. The molecular formula is C26H47NO3. The van der Waals surface area contributed by atoms with Gasteiger partial charge in [0.05, 0.1) is 0 Å². The summed E-state index contributed by atoms with van der Waals surface area (Å²) < 4.78 is 0. The van der Waals surface area contributed by atoms with Crippen molar-refractivity contribution in [2.75, 3.05) is 6.54 Å². The number of ketones is 1. The second-order valence-electron chi connectivity index (χ2n) is 8.56. The molecule has 0 amide bonds. The van der Waals surface area contributed by atoms with E-state index in [2.05, 4.69) is 31.0 Å². The zero-order valence-electron chi connectivity index (χ0n) is 19.7. The third-order valence-corrected chi connectivity index (χ3v) is 5.48. The molecule has 30 heavy (non-hydrogen) atoms. The van der Waals surface area contributed by atoms with E-state index in [-0.39, 0.29) is 12.2 Å². The van der Waals surface area contributed by atoms with Gasteiger partial charge in [0.25, 0.3) is 0 Å². The van der Waals surface area contributed by atoms with Crippen molar-refractivity contribution in [3.8, 4) is 0 Å². The summed E-state index contributed by atoms with van der Waals surface area (Å²) in [6, 6.07) is 0.534. The molecule has 4 nitrogen and oxygen atoms in total. The number of aliphatic carboxylic acids is 1. The van der Waals surface area contributed by atoms with Crippen molar-refractivity contribution in [1.29, 1.82) is 0 Å². The molecule has 0 saturated heterocycles. The summed E-state index contributed by atoms with van der Waals surface area (Å²) in [6.07, 6.45) is 21.8. The minimum absolute atomic E-state index is 0.216. The standard InChI is InChI=1S/C26H47NO3/c1-4-18-24(27-22-17-21-26(29)30)19-15-13-11-9-7-5-6-8-10-12-14-16-20-25(28)23(2)3/h7,9,24,27H,2,4-6,8,10-22H2,1,3H3,(H,29,30). The van der Waals surface area contributed by atoms with Gasteiger partial charge < -0.3 is 10.4 Å². The van der Waals surface area contributed by atoms with Crippen LogP contribution in [-0.4, -0.2) is 29.4 Å². The van der Waals surface area contributed by atoms with Gasteiger partial charge in [0, 0.05) is 18.9 Å². The fraction of sp³-hybridized carbons (Fsp3) is 0.769. The molecule has 0 saturated carbocycles. The molecule has 0 aromatic carbocycles. The lowest BCUT2D eigenvalue weighted by Gasteiger charge is -2.17. The van der Waals surface area contributed by atoms with Gasteiger partial charge in [-0.1, -0.05) is 64.2 Å². The van der Waals surface area contributed by atoms with Crippen LogP contribution in [0.4, 0.5) is 0 Å². The molecule has 1 unspecified atom stereocenters. The second kappa shape index (κ2) is 20.8. The van der Waals surface area contributed by atoms with Crippen LogP contribution < -0.4 is 5.32 Å². The summed E-state index contributed by atoms with van der Waals surface area (Å²) in [7, 11) is 0. The highest BCUT2D eigenvalue weighted by atomic mass is 16.4. The molecule has 174 valence electrons. The van der Waals surface area contributed by atoms with Crippen molar-refractivity contribution in [1.82, 2.24) is 5.32 Å². The maximum absolute atomic E-state index is 11.5. The monoisotopic (exact) mass is 421 g/mol. The highest BCUT2D eigenvalue weighted by Gasteiger charge is 2.06. The smallest absolute Gasteiger partial charge is 0.303 e. The number of unbranched alkanes of at least 4 members (excludes halogenated alkanes) is 8. The van der Waals surface area contributed by atoms with Gasteiger partial charge in [-0.3, -0.25) is 9.59 Å². The fourth-order valence-electron chi connectivity index (χ4n) is 3.60. The first kappa shape index (κ1) is 28.6. The quantitative estimate of drug-likeness (QED) is 0.112. The van der Waals surface area contributed by atoms with Crippen molar-refractivity contribution in [3.63, 3.8) is 0 Å². The van der Waals surface area contributed by atoms with E-state index in [9.17, 15) is 9.59 Å². The van der Waals surface area contributed by atoms with E-state index in [0.717, 1.165) is 25.8 Å². The molecule has 0 heterocycles. The molecule has 0 fully saturated rings. The first-order valence-corrected chi connectivity index (χ1v) is 12.3. The van der Waals surface area contributed by atoms with Gasteiger partial charge in [-0.05, 0) is 70.4 Å². The van der Waals surface area contributed by atoms with Crippen molar-refractivity contribution < 1.29 is 14.7 Å². The molecule has 1 atom stereocenters. The van der Waals surface area contributed by atoms with E-state index in [1.807, 2.05) is 0 Å². The van der Waals surface area contributed by atoms with E-state index >= 15 is 0 Å². The van der Waals surface area contributed by atoms with Crippen LogP contribution in [-0.2, 0) is 9.59 Å². The molecule has 0 rings (SSSR count). The third kappa shape index (κ3) is 19.9. The molecule has 0 radical (unpaired) electrons. The Morgan fingerprint density at radius 3 is 2.07 bits per heavy atom. The zero-order valence-corrected chi connectivity index (χ0v) is 19.7. The van der Waals surface area contributed by atoms with Crippen LogP contribution in [0.2, 0.25) is 0 Å². The lowest BCUT2D eigenvalue weighted by molar-refractivity contribution is -0.137. The van der Waals surface area contributed by atoms with E-state index in [1.54, 1.807) is 6.92 Å². The fourth-order valence-corrected chi connectivity index (χ4v) is 3.60. The Hall–Kier alpha value is -1.42. The molecular weight excluding hydrogens is 374 g/mol. The van der Waals surface area contributed by atoms with Crippen molar-refractivity contribution in [3.05, 3.63) is 24.3 Å². The van der Waals surface area contributed by atoms with E-state index < -0.39 is 5.97 Å². The van der Waals surface area contributed by atoms with Gasteiger partial charge in [0.15, 0.2) is 5.78 Å². The highest BCUT2D eigenvalue weighted by Crippen LogP contribution is 2.12. The van der Waals surface area contributed by atoms with Crippen LogP contribution >= 0.6 is 0 Å². The van der Waals surface area contributed by atoms with Gasteiger partial charge in [0.2, 0.25) is 0 Å². The zero-order chi connectivity index (χ0) is 22.5. The van der Waals surface area contributed by atoms with Crippen LogP contribution in [0.1, 0.15) is 117 Å². The minimum atomic E-state index is -0.706. The SMILES string of the molecule is C=C(C)C(=O)CCCCCCCCC=CCCCCC(CCC)NCCCC(=O)O. The number of Topliss-reactive ketones (excluding diaryl/α,β-unsaturated/α-hetero) is 1. The normalized spacial score (nSPS) is 12.3. The molecule has 0 spiro atoms. The average Bonchev–Trinajstić information content (AvgIpc) is 2.70. The Kier molecular flexibility index (Phi) is 19.9. The molecule has 0 aromatic heterocycles. The van der Waals surface area contributed by atoms with Crippen molar-refractivity contribution in [2.45, 2.75) is 123 Å². The molecule has 4 heteroatoms. The third-order valence-electron chi connectivity index (χ3n) is 5.48. The Bertz CT molecular complexity index is 485. The van der Waals surface area contributed by atoms with Gasteiger partial charge in [-0.25, -0.2) is 0 Å². The van der Waals surface area contributed by atoms with Crippen molar-refractivity contribution in [2.24, 2.45) is 0 Å². The first-order chi connectivity index (χ1) is 14.5. The van der Waals surface area contributed by atoms with E-state index in [0.29, 0.717) is 24.5 Å². The van der Waals surface area contributed by atoms with Crippen LogP contribution in [0.5, 0.6) is 0 Å². The average molecular weight is 422 g/mol. The molecule has 0 aromatic rings. The second-order valence-corrected chi connectivity index (χ2v) is 8.56. The Balaban J connectivity index is 3.50. The Labute approximate surface area is 185 Å². The van der Waals surface area contributed by atoms with E-state index in [1.165, 1.54) is 64.2 Å². The summed E-state index contributed by atoms with van der Waals surface area (Å²) in [6.45, 7) is 8.51. The maximum atomic E-state index is 11.5. The van der Waals surface area contributed by atoms with Crippen LogP contribution in [0.3, 0.4) is 0 Å². The van der Waals surface area contributed by atoms with Gasteiger partial charge >= 0.3 is 5.97 Å². The molecule has 0 aliphatic carbocycles. The summed E-state index contributed by atoms with van der Waals surface area (Å²) >= 11 is 0. The lowest BCUT2D eigenvalue weighted by Crippen LogP contribution is -2.30. The number of rotatable bonds is 22. The Morgan fingerprint density at radius 1 is 0.867 bits per heavy atom. The van der Waals surface area contributed by atoms with Crippen LogP contribution in [0, 0.1) is 0 Å². The molecule has 0 bridgehead atoms. The van der Waals surface area contributed by atoms with Gasteiger partial charge in [-0.15, -0.1) is 0 Å². The number of carboxylic acids is 1. The van der Waals surface area contributed by atoms with Gasteiger partial charge in [-0.2, -0.15) is 0 Å². The summed E-state index contributed by atoms with van der Waals surface area (Å²) in [5.74, 6) is -0.490. The number of carbonyl (C=O) groups excluding carboxylic acids is 1. The van der Waals surface area contributed by atoms with E-state index in [4.69, 9.17) is 5.11 Å². The lowest BCUT2D eigenvalue weighted by atomic mass is 10.0. The van der Waals surface area contributed by atoms with Crippen LogP contribution in [0.15, 0.2) is 24.3 Å². The molecule has 2 N–H and O–H groups in total. The largest absolute Gasteiger partial charge is 0.481 e. The number of hydrogen-bond acceptors (Lipinski definition) is 3.